The molecule has 0 aromatic heterocycles. The Kier molecular flexibility index (Phi) is 5.66. The van der Waals surface area contributed by atoms with Gasteiger partial charge in [0.2, 0.25) is 23.6 Å². The van der Waals surface area contributed by atoms with E-state index in [-0.39, 0.29) is 30.3 Å². The fourth-order valence-electron chi connectivity index (χ4n) is 3.34. The lowest BCUT2D eigenvalue weighted by atomic mass is 10.1. The van der Waals surface area contributed by atoms with Gasteiger partial charge < -0.3 is 25.8 Å². The minimum absolute atomic E-state index is 0.118. The Balaban J connectivity index is 2.09. The topological polar surface area (TPSA) is 116 Å². The number of hydrogen-bond acceptors (Lipinski definition) is 5. The van der Waals surface area contributed by atoms with Crippen LogP contribution in [0.25, 0.3) is 0 Å². The van der Waals surface area contributed by atoms with E-state index >= 15 is 0 Å². The van der Waals surface area contributed by atoms with Crippen molar-refractivity contribution in [3.05, 3.63) is 0 Å². The van der Waals surface area contributed by atoms with Crippen LogP contribution in [0.4, 0.5) is 0 Å². The Bertz CT molecular complexity index is 581. The lowest BCUT2D eigenvalue weighted by molar-refractivity contribution is -0.158. The van der Waals surface area contributed by atoms with Crippen LogP contribution in [-0.4, -0.2) is 88.7 Å². The molecule has 0 bridgehead atoms. The zero-order valence-electron chi connectivity index (χ0n) is 15.2. The minimum Gasteiger partial charge on any atom is -0.368 e. The largest absolute Gasteiger partial charge is 0.368 e. The number of nitrogens with one attached hydrogen (secondary N) is 1. The van der Waals surface area contributed by atoms with Gasteiger partial charge >= 0.3 is 0 Å². The molecule has 0 radical (unpaired) electrons. The SMILES string of the molecule is C[C@@H]1NCCN([C@@H](C)C(=O)N2CCN([C@@H](C)C(N)=O)C(=O)[C@@H]2C)C1=O. The van der Waals surface area contributed by atoms with Gasteiger partial charge in [0, 0.05) is 26.2 Å². The molecule has 0 aromatic rings. The first-order valence-corrected chi connectivity index (χ1v) is 8.61. The number of carbonyl (C=O) groups is 4. The number of carbonyl (C=O) groups excluding carboxylic acids is 4. The fourth-order valence-corrected chi connectivity index (χ4v) is 3.34. The number of primary amides is 1. The van der Waals surface area contributed by atoms with Gasteiger partial charge in [0.25, 0.3) is 0 Å². The molecule has 25 heavy (non-hydrogen) atoms. The Labute approximate surface area is 147 Å². The van der Waals surface area contributed by atoms with Gasteiger partial charge in [0.1, 0.15) is 18.1 Å². The van der Waals surface area contributed by atoms with E-state index in [2.05, 4.69) is 5.32 Å². The predicted molar refractivity (Wildman–Crippen MR) is 90.2 cm³/mol. The summed E-state index contributed by atoms with van der Waals surface area (Å²) in [7, 11) is 0. The van der Waals surface area contributed by atoms with Crippen molar-refractivity contribution < 1.29 is 19.2 Å². The van der Waals surface area contributed by atoms with E-state index in [1.807, 2.05) is 0 Å². The number of piperazine rings is 2. The second-order valence-corrected chi connectivity index (χ2v) is 6.70. The van der Waals surface area contributed by atoms with Crippen molar-refractivity contribution >= 4 is 23.6 Å². The smallest absolute Gasteiger partial charge is 0.245 e. The van der Waals surface area contributed by atoms with Crippen LogP contribution in [0, 0.1) is 0 Å². The lowest BCUT2D eigenvalue weighted by Gasteiger charge is -2.43. The quantitative estimate of drug-likeness (QED) is 0.614. The van der Waals surface area contributed by atoms with Crippen molar-refractivity contribution in [2.24, 2.45) is 5.73 Å². The molecule has 2 aliphatic rings. The standard InChI is InChI=1S/C16H27N5O4/c1-9-14(23)19(6-5-18-9)11(3)16(25)21-8-7-20(10(2)13(17)22)15(24)12(21)4/h9-12,18H,5-8H2,1-4H3,(H2,17,22)/t9-,10-,11-,12-/m0/s1. The van der Waals surface area contributed by atoms with Gasteiger partial charge in [-0.25, -0.2) is 0 Å². The predicted octanol–water partition coefficient (Wildman–Crippen LogP) is -1.87. The summed E-state index contributed by atoms with van der Waals surface area (Å²) in [5.41, 5.74) is 5.28. The van der Waals surface area contributed by atoms with Gasteiger partial charge in [0.15, 0.2) is 0 Å². The molecule has 3 N–H and O–H groups in total. The molecule has 2 aliphatic heterocycles. The molecule has 0 spiro atoms. The molecule has 2 saturated heterocycles. The van der Waals surface area contributed by atoms with Gasteiger partial charge in [-0.05, 0) is 27.7 Å². The molecular formula is C16H27N5O4. The third kappa shape index (κ3) is 3.60. The summed E-state index contributed by atoms with van der Waals surface area (Å²) >= 11 is 0. The van der Waals surface area contributed by atoms with E-state index in [1.165, 1.54) is 9.80 Å². The van der Waals surface area contributed by atoms with Crippen LogP contribution in [0.5, 0.6) is 0 Å². The van der Waals surface area contributed by atoms with E-state index in [9.17, 15) is 19.2 Å². The molecule has 140 valence electrons. The molecule has 2 fully saturated rings. The molecule has 2 rings (SSSR count). The van der Waals surface area contributed by atoms with Gasteiger partial charge in [-0.3, -0.25) is 19.2 Å². The van der Waals surface area contributed by atoms with Gasteiger partial charge in [0.05, 0.1) is 6.04 Å². The minimum atomic E-state index is -0.708. The summed E-state index contributed by atoms with van der Waals surface area (Å²) in [4.78, 5) is 53.5. The van der Waals surface area contributed by atoms with E-state index < -0.39 is 24.0 Å². The molecular weight excluding hydrogens is 326 g/mol. The van der Waals surface area contributed by atoms with Gasteiger partial charge in [-0.15, -0.1) is 0 Å². The zero-order chi connectivity index (χ0) is 18.9. The molecule has 9 nitrogen and oxygen atoms in total. The summed E-state index contributed by atoms with van der Waals surface area (Å²) in [6.07, 6.45) is 0. The first kappa shape index (κ1) is 19.2. The maximum absolute atomic E-state index is 12.9. The molecule has 0 saturated carbocycles. The van der Waals surface area contributed by atoms with Crippen molar-refractivity contribution in [2.45, 2.75) is 51.9 Å². The highest BCUT2D eigenvalue weighted by Crippen LogP contribution is 2.17. The third-order valence-corrected chi connectivity index (χ3v) is 5.13. The van der Waals surface area contributed by atoms with E-state index in [0.29, 0.717) is 19.6 Å². The van der Waals surface area contributed by atoms with Crippen LogP contribution in [0.2, 0.25) is 0 Å². The summed E-state index contributed by atoms with van der Waals surface area (Å²) < 4.78 is 0. The Hall–Kier alpha value is -2.16. The van der Waals surface area contributed by atoms with Crippen LogP contribution in [0.15, 0.2) is 0 Å². The van der Waals surface area contributed by atoms with E-state index in [0.717, 1.165) is 0 Å². The Morgan fingerprint density at radius 1 is 1.04 bits per heavy atom. The highest BCUT2D eigenvalue weighted by molar-refractivity contribution is 5.95. The van der Waals surface area contributed by atoms with Crippen LogP contribution in [0.3, 0.4) is 0 Å². The van der Waals surface area contributed by atoms with E-state index in [4.69, 9.17) is 5.73 Å². The number of hydrogen-bond donors (Lipinski definition) is 2. The molecule has 4 atom stereocenters. The van der Waals surface area contributed by atoms with Gasteiger partial charge in [-0.2, -0.15) is 0 Å². The Morgan fingerprint density at radius 2 is 1.64 bits per heavy atom. The second kappa shape index (κ2) is 7.38. The molecule has 4 amide bonds. The van der Waals surface area contributed by atoms with Crippen LogP contribution in [-0.2, 0) is 19.2 Å². The maximum Gasteiger partial charge on any atom is 0.245 e. The summed E-state index contributed by atoms with van der Waals surface area (Å²) in [5.74, 6) is -1.26. The first-order valence-electron chi connectivity index (χ1n) is 8.61. The second-order valence-electron chi connectivity index (χ2n) is 6.70. The zero-order valence-corrected chi connectivity index (χ0v) is 15.2. The summed E-state index contributed by atoms with van der Waals surface area (Å²) in [6, 6.07) is -2.36. The van der Waals surface area contributed by atoms with Crippen LogP contribution in [0.1, 0.15) is 27.7 Å². The molecule has 0 aromatic carbocycles. The van der Waals surface area contributed by atoms with Crippen molar-refractivity contribution in [3.63, 3.8) is 0 Å². The van der Waals surface area contributed by atoms with E-state index in [1.54, 1.807) is 32.6 Å². The number of nitrogens with zero attached hydrogens (tertiary/aromatic N) is 3. The van der Waals surface area contributed by atoms with Crippen molar-refractivity contribution in [1.82, 2.24) is 20.0 Å². The maximum atomic E-state index is 12.9. The lowest BCUT2D eigenvalue weighted by Crippen LogP contribution is -2.65. The van der Waals surface area contributed by atoms with Crippen molar-refractivity contribution in [1.29, 1.82) is 0 Å². The summed E-state index contributed by atoms with van der Waals surface area (Å²) in [6.45, 7) is 8.31. The monoisotopic (exact) mass is 353 g/mol. The normalized spacial score (nSPS) is 27.3. The van der Waals surface area contributed by atoms with Crippen molar-refractivity contribution in [3.8, 4) is 0 Å². The molecule has 2 heterocycles. The number of amides is 4. The van der Waals surface area contributed by atoms with Crippen LogP contribution >= 0.6 is 0 Å². The number of nitrogens with two attached hydrogens (primary N) is 1. The summed E-state index contributed by atoms with van der Waals surface area (Å²) in [5, 5.41) is 3.06. The molecule has 0 unspecified atom stereocenters. The Morgan fingerprint density at radius 3 is 2.24 bits per heavy atom. The van der Waals surface area contributed by atoms with Crippen LogP contribution < -0.4 is 11.1 Å². The average molecular weight is 353 g/mol. The first-order chi connectivity index (χ1) is 11.7. The highest BCUT2D eigenvalue weighted by atomic mass is 16.2. The molecule has 9 heteroatoms. The number of rotatable bonds is 4. The highest BCUT2D eigenvalue weighted by Gasteiger charge is 2.41. The van der Waals surface area contributed by atoms with Gasteiger partial charge in [-0.1, -0.05) is 0 Å². The molecule has 0 aliphatic carbocycles. The fraction of sp³-hybridized carbons (Fsp3) is 0.750. The third-order valence-electron chi connectivity index (χ3n) is 5.13. The van der Waals surface area contributed by atoms with Crippen molar-refractivity contribution in [2.75, 3.05) is 26.2 Å². The average Bonchev–Trinajstić information content (AvgIpc) is 2.57.